The van der Waals surface area contributed by atoms with Crippen LogP contribution in [-0.4, -0.2) is 42.9 Å². The zero-order valence-corrected chi connectivity index (χ0v) is 7.46. The summed E-state index contributed by atoms with van der Waals surface area (Å²) in [4.78, 5) is 12.6. The van der Waals surface area contributed by atoms with E-state index in [1.54, 1.807) is 32.7 Å². The van der Waals surface area contributed by atoms with E-state index in [2.05, 4.69) is 5.32 Å². The maximum absolute atomic E-state index is 11.0. The third kappa shape index (κ3) is 2.90. The molecule has 0 rings (SSSR count). The molecule has 0 saturated heterocycles. The molecule has 0 aromatic carbocycles. The summed E-state index contributed by atoms with van der Waals surface area (Å²) in [5.74, 6) is -0.0894. The van der Waals surface area contributed by atoms with Gasteiger partial charge in [0, 0.05) is 7.05 Å². The molecule has 11 heavy (non-hydrogen) atoms. The Morgan fingerprint density at radius 2 is 2.18 bits per heavy atom. The third-order valence-corrected chi connectivity index (χ3v) is 1.83. The van der Waals surface area contributed by atoms with Crippen molar-refractivity contribution in [2.75, 3.05) is 14.1 Å². The van der Waals surface area contributed by atoms with Gasteiger partial charge in [-0.25, -0.2) is 0 Å². The second kappa shape index (κ2) is 4.36. The molecule has 1 amide bonds. The van der Waals surface area contributed by atoms with E-state index in [9.17, 15) is 4.79 Å². The maximum atomic E-state index is 11.0. The lowest BCUT2D eigenvalue weighted by atomic mass is 9.84. The fraction of sp³-hybridized carbons (Fsp3) is 0.833. The number of nitrogens with one attached hydrogen (secondary N) is 1. The fourth-order valence-corrected chi connectivity index (χ4v) is 0.717. The number of hydrogen-bond acceptors (Lipinski definition) is 3. The van der Waals surface area contributed by atoms with Gasteiger partial charge >= 0.3 is 7.05 Å². The molecule has 0 radical (unpaired) electrons. The van der Waals surface area contributed by atoms with E-state index >= 15 is 0 Å². The standard InChI is InChI=1S/C6H15BN2O2/c1-5(6(10)8-3)9(4)7(2)11/h5,11H,1-4H3,(H,8,10). The molecule has 5 heteroatoms. The fourth-order valence-electron chi connectivity index (χ4n) is 0.717. The van der Waals surface area contributed by atoms with Gasteiger partial charge in [0.2, 0.25) is 5.91 Å². The van der Waals surface area contributed by atoms with Crippen LogP contribution in [0, 0.1) is 0 Å². The molecule has 0 aromatic heterocycles. The normalized spacial score (nSPS) is 12.9. The maximum Gasteiger partial charge on any atom is 0.376 e. The van der Waals surface area contributed by atoms with Crippen LogP contribution in [0.3, 0.4) is 0 Å². The largest absolute Gasteiger partial charge is 0.437 e. The molecule has 0 fully saturated rings. The highest BCUT2D eigenvalue weighted by atomic mass is 16.2. The van der Waals surface area contributed by atoms with Crippen LogP contribution < -0.4 is 5.32 Å². The van der Waals surface area contributed by atoms with Gasteiger partial charge in [0.25, 0.3) is 0 Å². The minimum Gasteiger partial charge on any atom is -0.437 e. The third-order valence-electron chi connectivity index (χ3n) is 1.83. The molecule has 0 heterocycles. The van der Waals surface area contributed by atoms with E-state index in [1.165, 1.54) is 0 Å². The summed E-state index contributed by atoms with van der Waals surface area (Å²) >= 11 is 0. The first kappa shape index (κ1) is 10.5. The predicted molar refractivity (Wildman–Crippen MR) is 45.1 cm³/mol. The molecule has 1 atom stereocenters. The van der Waals surface area contributed by atoms with Crippen molar-refractivity contribution in [1.82, 2.24) is 10.1 Å². The van der Waals surface area contributed by atoms with Crippen molar-refractivity contribution in [1.29, 1.82) is 0 Å². The van der Waals surface area contributed by atoms with Gasteiger partial charge in [-0.3, -0.25) is 4.79 Å². The number of nitrogens with zero attached hydrogens (tertiary/aromatic N) is 1. The van der Waals surface area contributed by atoms with Gasteiger partial charge in [-0.05, 0) is 20.8 Å². The lowest BCUT2D eigenvalue weighted by Gasteiger charge is -2.23. The summed E-state index contributed by atoms with van der Waals surface area (Å²) in [6.45, 7) is 3.37. The molecular formula is C6H15BN2O2. The van der Waals surface area contributed by atoms with Gasteiger partial charge in [0.1, 0.15) is 0 Å². The first-order chi connectivity index (χ1) is 5.00. The highest BCUT2D eigenvalue weighted by molar-refractivity contribution is 6.45. The molecule has 0 aliphatic rings. The second-order valence-electron chi connectivity index (χ2n) is 2.59. The molecule has 64 valence electrons. The van der Waals surface area contributed by atoms with E-state index in [-0.39, 0.29) is 11.9 Å². The summed E-state index contributed by atoms with van der Waals surface area (Å²) in [5, 5.41) is 11.6. The van der Waals surface area contributed by atoms with Gasteiger partial charge in [0.15, 0.2) is 0 Å². The van der Waals surface area contributed by atoms with Crippen LogP contribution in [0.25, 0.3) is 0 Å². The quantitative estimate of drug-likeness (QED) is 0.526. The summed E-state index contributed by atoms with van der Waals surface area (Å²) in [7, 11) is 2.68. The van der Waals surface area contributed by atoms with Crippen molar-refractivity contribution in [2.45, 2.75) is 19.8 Å². The predicted octanol–water partition coefficient (Wildman–Crippen LogP) is -0.837. The SMILES string of the molecule is CNC(=O)C(C)N(C)B(C)O. The van der Waals surface area contributed by atoms with Crippen molar-refractivity contribution in [3.63, 3.8) is 0 Å². The van der Waals surface area contributed by atoms with Crippen LogP contribution in [0.15, 0.2) is 0 Å². The van der Waals surface area contributed by atoms with Crippen molar-refractivity contribution in [2.24, 2.45) is 0 Å². The topological polar surface area (TPSA) is 52.6 Å². The lowest BCUT2D eigenvalue weighted by molar-refractivity contribution is -0.123. The molecule has 0 aliphatic carbocycles. The lowest BCUT2D eigenvalue weighted by Crippen LogP contribution is -2.48. The number of likely N-dealkylation sites (N-methyl/N-ethyl adjacent to an activating group) is 2. The Morgan fingerprint density at radius 1 is 1.73 bits per heavy atom. The number of carbonyl (C=O) groups excluding carboxylic acids is 1. The Labute approximate surface area is 67.7 Å². The van der Waals surface area contributed by atoms with Gasteiger partial charge in [-0.1, -0.05) is 0 Å². The van der Waals surface area contributed by atoms with Crippen LogP contribution in [0.2, 0.25) is 6.82 Å². The van der Waals surface area contributed by atoms with Gasteiger partial charge in [0.05, 0.1) is 6.04 Å². The zero-order chi connectivity index (χ0) is 9.02. The molecule has 0 aromatic rings. The van der Waals surface area contributed by atoms with Crippen LogP contribution >= 0.6 is 0 Å². The minimum atomic E-state index is -0.595. The summed E-state index contributed by atoms with van der Waals surface area (Å²) in [6, 6.07) is -0.292. The Bertz CT molecular complexity index is 141. The molecule has 1 unspecified atom stereocenters. The zero-order valence-electron chi connectivity index (χ0n) is 7.46. The second-order valence-corrected chi connectivity index (χ2v) is 2.59. The van der Waals surface area contributed by atoms with E-state index < -0.39 is 7.05 Å². The molecule has 0 spiro atoms. The number of hydrogen-bond donors (Lipinski definition) is 2. The average Bonchev–Trinajstić information content (AvgIpc) is 2.00. The molecule has 0 bridgehead atoms. The van der Waals surface area contributed by atoms with Crippen LogP contribution in [-0.2, 0) is 4.79 Å². The monoisotopic (exact) mass is 158 g/mol. The van der Waals surface area contributed by atoms with E-state index in [4.69, 9.17) is 5.02 Å². The Kier molecular flexibility index (Phi) is 4.14. The number of carbonyl (C=O) groups is 1. The van der Waals surface area contributed by atoms with Gasteiger partial charge in [-0.15, -0.1) is 0 Å². The van der Waals surface area contributed by atoms with Crippen LogP contribution in [0.5, 0.6) is 0 Å². The number of amides is 1. The average molecular weight is 158 g/mol. The molecular weight excluding hydrogens is 143 g/mol. The van der Waals surface area contributed by atoms with Gasteiger partial charge < -0.3 is 15.2 Å². The first-order valence-electron chi connectivity index (χ1n) is 3.62. The first-order valence-corrected chi connectivity index (χ1v) is 3.62. The van der Waals surface area contributed by atoms with Crippen molar-refractivity contribution < 1.29 is 9.82 Å². The Morgan fingerprint density at radius 3 is 2.45 bits per heavy atom. The number of rotatable bonds is 3. The summed E-state index contributed by atoms with van der Waals surface area (Å²) in [5.41, 5.74) is 0. The highest BCUT2D eigenvalue weighted by Crippen LogP contribution is 1.96. The van der Waals surface area contributed by atoms with Crippen molar-refractivity contribution in [3.8, 4) is 0 Å². The summed E-state index contributed by atoms with van der Waals surface area (Å²) < 4.78 is 0. The van der Waals surface area contributed by atoms with Gasteiger partial charge in [-0.2, -0.15) is 0 Å². The van der Waals surface area contributed by atoms with E-state index in [0.717, 1.165) is 0 Å². The van der Waals surface area contributed by atoms with E-state index in [1.807, 2.05) is 0 Å². The van der Waals surface area contributed by atoms with Crippen molar-refractivity contribution >= 4 is 13.0 Å². The van der Waals surface area contributed by atoms with E-state index in [0.29, 0.717) is 0 Å². The Balaban J connectivity index is 4.01. The molecule has 4 nitrogen and oxygen atoms in total. The minimum absolute atomic E-state index is 0.0894. The van der Waals surface area contributed by atoms with Crippen LogP contribution in [0.4, 0.5) is 0 Å². The highest BCUT2D eigenvalue weighted by Gasteiger charge is 2.22. The smallest absolute Gasteiger partial charge is 0.376 e. The molecule has 2 N–H and O–H groups in total. The Hall–Kier alpha value is -0.545. The van der Waals surface area contributed by atoms with Crippen molar-refractivity contribution in [3.05, 3.63) is 0 Å². The van der Waals surface area contributed by atoms with Crippen LogP contribution in [0.1, 0.15) is 6.92 Å². The summed E-state index contributed by atoms with van der Waals surface area (Å²) in [6.07, 6.45) is 0. The molecule has 0 saturated carbocycles. The molecule has 0 aliphatic heterocycles.